The normalized spacial score (nSPS) is 31.5. The molecule has 2 fully saturated rings. The van der Waals surface area contributed by atoms with Crippen molar-refractivity contribution in [1.29, 1.82) is 0 Å². The first-order valence-electron chi connectivity index (χ1n) is 7.49. The van der Waals surface area contributed by atoms with Gasteiger partial charge in [0, 0.05) is 66.6 Å². The van der Waals surface area contributed by atoms with Crippen molar-refractivity contribution in [2.45, 2.75) is 38.3 Å². The fraction of sp³-hybridized carbons (Fsp3) is 1.00. The molecule has 2 aliphatic heterocycles. The van der Waals surface area contributed by atoms with Gasteiger partial charge in [0.15, 0.2) is 0 Å². The maximum atomic E-state index is 11.4. The summed E-state index contributed by atoms with van der Waals surface area (Å²) in [7, 11) is 1.65. The van der Waals surface area contributed by atoms with Crippen molar-refractivity contribution in [3.05, 3.63) is 0 Å². The molecule has 19 heavy (non-hydrogen) atoms. The van der Waals surface area contributed by atoms with Crippen molar-refractivity contribution in [2.75, 3.05) is 51.3 Å². The Morgan fingerprint density at radius 3 is 2.32 bits per heavy atom. The van der Waals surface area contributed by atoms with Gasteiger partial charge < -0.3 is 10.2 Å². The van der Waals surface area contributed by atoms with E-state index in [0.717, 1.165) is 30.9 Å². The highest BCUT2D eigenvalue weighted by atomic mass is 32.2. The molecule has 0 radical (unpaired) electrons. The Morgan fingerprint density at radius 2 is 1.74 bits per heavy atom. The molecule has 0 aliphatic carbocycles. The smallest absolute Gasteiger partial charge is 0.0278 e. The van der Waals surface area contributed by atoms with Crippen LogP contribution in [0.25, 0.3) is 0 Å². The van der Waals surface area contributed by atoms with Crippen LogP contribution in [-0.2, 0) is 10.8 Å². The molecule has 0 aromatic rings. The van der Waals surface area contributed by atoms with Crippen LogP contribution in [0.2, 0.25) is 0 Å². The van der Waals surface area contributed by atoms with E-state index >= 15 is 0 Å². The van der Waals surface area contributed by atoms with Gasteiger partial charge in [-0.3, -0.25) is 9.11 Å². The maximum absolute atomic E-state index is 11.4. The third-order valence-corrected chi connectivity index (χ3v) is 5.95. The van der Waals surface area contributed by atoms with E-state index in [-0.39, 0.29) is 5.54 Å². The third-order valence-electron chi connectivity index (χ3n) is 4.57. The molecule has 2 rings (SSSR count). The minimum absolute atomic E-state index is 0.220. The van der Waals surface area contributed by atoms with Crippen LogP contribution in [0.4, 0.5) is 0 Å². The molecule has 0 bridgehead atoms. The molecule has 5 heteroatoms. The number of rotatable bonds is 4. The van der Waals surface area contributed by atoms with Crippen LogP contribution >= 0.6 is 0 Å². The van der Waals surface area contributed by atoms with Crippen molar-refractivity contribution in [2.24, 2.45) is 0 Å². The Bertz CT molecular complexity index is 304. The number of likely N-dealkylation sites (N-methyl/N-ethyl adjacent to an activating group) is 1. The lowest BCUT2D eigenvalue weighted by atomic mass is 10.00. The molecule has 4 nitrogen and oxygen atoms in total. The SMILES string of the molecule is CN1CCN(C(C)(C)CNC2CCS(=O)CC2)CC1. The first kappa shape index (κ1) is 15.4. The molecule has 2 aliphatic rings. The van der Waals surface area contributed by atoms with Crippen LogP contribution in [-0.4, -0.2) is 76.9 Å². The van der Waals surface area contributed by atoms with E-state index in [1.165, 1.54) is 26.2 Å². The summed E-state index contributed by atoms with van der Waals surface area (Å²) in [6.45, 7) is 10.4. The van der Waals surface area contributed by atoms with Gasteiger partial charge in [0.2, 0.25) is 0 Å². The average molecular weight is 287 g/mol. The summed E-state index contributed by atoms with van der Waals surface area (Å²) in [4.78, 5) is 5.00. The van der Waals surface area contributed by atoms with Crippen molar-refractivity contribution in [1.82, 2.24) is 15.1 Å². The van der Waals surface area contributed by atoms with Crippen LogP contribution in [0.1, 0.15) is 26.7 Å². The topological polar surface area (TPSA) is 35.6 Å². The quantitative estimate of drug-likeness (QED) is 0.817. The second kappa shape index (κ2) is 6.66. The Balaban J connectivity index is 1.75. The monoisotopic (exact) mass is 287 g/mol. The Morgan fingerprint density at radius 1 is 1.16 bits per heavy atom. The number of nitrogens with one attached hydrogen (secondary N) is 1. The lowest BCUT2D eigenvalue weighted by Gasteiger charge is -2.44. The van der Waals surface area contributed by atoms with E-state index in [1.807, 2.05) is 0 Å². The minimum atomic E-state index is -0.550. The number of hydrogen-bond acceptors (Lipinski definition) is 4. The van der Waals surface area contributed by atoms with Gasteiger partial charge in [-0.1, -0.05) is 0 Å². The van der Waals surface area contributed by atoms with Gasteiger partial charge in [0.05, 0.1) is 0 Å². The molecule has 2 heterocycles. The van der Waals surface area contributed by atoms with Crippen LogP contribution in [0, 0.1) is 0 Å². The van der Waals surface area contributed by atoms with E-state index < -0.39 is 10.8 Å². The molecule has 1 N–H and O–H groups in total. The molecule has 112 valence electrons. The summed E-state index contributed by atoms with van der Waals surface area (Å²) in [5, 5.41) is 3.70. The number of piperazine rings is 1. The van der Waals surface area contributed by atoms with Gasteiger partial charge in [-0.2, -0.15) is 0 Å². The van der Waals surface area contributed by atoms with E-state index in [1.54, 1.807) is 0 Å². The first-order chi connectivity index (χ1) is 8.97. The summed E-state index contributed by atoms with van der Waals surface area (Å²) in [5.41, 5.74) is 0.220. The summed E-state index contributed by atoms with van der Waals surface area (Å²) in [5.74, 6) is 1.76. The van der Waals surface area contributed by atoms with E-state index in [9.17, 15) is 4.21 Å². The highest BCUT2D eigenvalue weighted by molar-refractivity contribution is 7.85. The fourth-order valence-corrected chi connectivity index (χ4v) is 4.21. The van der Waals surface area contributed by atoms with Crippen LogP contribution in [0.5, 0.6) is 0 Å². The predicted molar refractivity (Wildman–Crippen MR) is 82.1 cm³/mol. The van der Waals surface area contributed by atoms with E-state index in [2.05, 4.69) is 36.0 Å². The molecule has 2 saturated heterocycles. The lowest BCUT2D eigenvalue weighted by Crippen LogP contribution is -2.58. The predicted octanol–water partition coefficient (Wildman–Crippen LogP) is 0.513. The fourth-order valence-electron chi connectivity index (χ4n) is 2.92. The second-order valence-electron chi connectivity index (χ2n) is 6.61. The molecule has 0 atom stereocenters. The molecule has 0 aromatic carbocycles. The van der Waals surface area contributed by atoms with E-state index in [0.29, 0.717) is 6.04 Å². The van der Waals surface area contributed by atoms with Gasteiger partial charge in [0.1, 0.15) is 0 Å². The summed E-state index contributed by atoms with van der Waals surface area (Å²) < 4.78 is 11.4. The van der Waals surface area contributed by atoms with Gasteiger partial charge in [0.25, 0.3) is 0 Å². The number of hydrogen-bond donors (Lipinski definition) is 1. The largest absolute Gasteiger partial charge is 0.312 e. The Kier molecular flexibility index (Phi) is 5.40. The van der Waals surface area contributed by atoms with Gasteiger partial charge in [-0.15, -0.1) is 0 Å². The average Bonchev–Trinajstić information content (AvgIpc) is 2.39. The molecular weight excluding hydrogens is 258 g/mol. The Labute approximate surface area is 120 Å². The molecule has 0 saturated carbocycles. The number of nitrogens with zero attached hydrogens (tertiary/aromatic N) is 2. The molecule has 0 unspecified atom stereocenters. The molecule has 0 aromatic heterocycles. The van der Waals surface area contributed by atoms with Crippen LogP contribution in [0.15, 0.2) is 0 Å². The Hall–Kier alpha value is 0.0300. The zero-order valence-electron chi connectivity index (χ0n) is 12.7. The first-order valence-corrected chi connectivity index (χ1v) is 8.98. The van der Waals surface area contributed by atoms with Gasteiger partial charge in [-0.05, 0) is 33.7 Å². The molecule has 0 amide bonds. The van der Waals surface area contributed by atoms with Crippen molar-refractivity contribution >= 4 is 10.8 Å². The molecular formula is C14H29N3OS. The summed E-state index contributed by atoms with van der Waals surface area (Å²) in [6.07, 6.45) is 2.15. The summed E-state index contributed by atoms with van der Waals surface area (Å²) in [6, 6.07) is 0.574. The second-order valence-corrected chi connectivity index (χ2v) is 8.30. The van der Waals surface area contributed by atoms with Crippen molar-refractivity contribution in [3.8, 4) is 0 Å². The zero-order chi connectivity index (χ0) is 13.9. The maximum Gasteiger partial charge on any atom is 0.0278 e. The van der Waals surface area contributed by atoms with Crippen molar-refractivity contribution in [3.63, 3.8) is 0 Å². The lowest BCUT2D eigenvalue weighted by molar-refractivity contribution is 0.0599. The third kappa shape index (κ3) is 4.52. The van der Waals surface area contributed by atoms with Crippen LogP contribution in [0.3, 0.4) is 0 Å². The van der Waals surface area contributed by atoms with E-state index in [4.69, 9.17) is 0 Å². The highest BCUT2D eigenvalue weighted by Crippen LogP contribution is 2.17. The van der Waals surface area contributed by atoms with Gasteiger partial charge >= 0.3 is 0 Å². The summed E-state index contributed by atoms with van der Waals surface area (Å²) >= 11 is 0. The van der Waals surface area contributed by atoms with Gasteiger partial charge in [-0.25, -0.2) is 0 Å². The standard InChI is InChI=1S/C14H29N3OS/c1-14(2,17-8-6-16(3)7-9-17)12-15-13-4-10-19(18)11-5-13/h13,15H,4-12H2,1-3H3. The molecule has 0 spiro atoms. The van der Waals surface area contributed by atoms with Crippen molar-refractivity contribution < 1.29 is 4.21 Å². The zero-order valence-corrected chi connectivity index (χ0v) is 13.5. The minimum Gasteiger partial charge on any atom is -0.312 e. The van der Waals surface area contributed by atoms with Crippen LogP contribution < -0.4 is 5.32 Å². The highest BCUT2D eigenvalue weighted by Gasteiger charge is 2.30.